The van der Waals surface area contributed by atoms with Gasteiger partial charge < -0.3 is 10.6 Å². The summed E-state index contributed by atoms with van der Waals surface area (Å²) in [6.45, 7) is 0.972. The fourth-order valence-electron chi connectivity index (χ4n) is 2.29. The van der Waals surface area contributed by atoms with Gasteiger partial charge in [-0.25, -0.2) is 18.7 Å². The van der Waals surface area contributed by atoms with E-state index in [-0.39, 0.29) is 11.5 Å². The van der Waals surface area contributed by atoms with Crippen LogP contribution in [0.2, 0.25) is 0 Å². The molecule has 1 aromatic carbocycles. The van der Waals surface area contributed by atoms with Crippen LogP contribution in [0.1, 0.15) is 24.1 Å². The Kier molecular flexibility index (Phi) is 3.45. The third-order valence-electron chi connectivity index (χ3n) is 3.24. The Morgan fingerprint density at radius 2 is 2.05 bits per heavy atom. The molecule has 0 unspecified atom stereocenters. The molecule has 20 heavy (non-hydrogen) atoms. The van der Waals surface area contributed by atoms with Crippen LogP contribution in [0.3, 0.4) is 0 Å². The SMILES string of the molecule is FC(F)c1nccnc1Nc1ccc2c(c1)CCCN2. The highest BCUT2D eigenvalue weighted by atomic mass is 19.3. The van der Waals surface area contributed by atoms with Gasteiger partial charge in [0.2, 0.25) is 0 Å². The summed E-state index contributed by atoms with van der Waals surface area (Å²) < 4.78 is 25.7. The Labute approximate surface area is 115 Å². The molecule has 1 aliphatic rings. The molecule has 0 fully saturated rings. The van der Waals surface area contributed by atoms with Crippen LogP contribution in [-0.4, -0.2) is 16.5 Å². The average molecular weight is 276 g/mol. The Bertz CT molecular complexity index is 616. The Morgan fingerprint density at radius 1 is 1.20 bits per heavy atom. The molecular weight excluding hydrogens is 262 g/mol. The maximum Gasteiger partial charge on any atom is 0.284 e. The summed E-state index contributed by atoms with van der Waals surface area (Å²) in [5, 5.41) is 6.23. The lowest BCUT2D eigenvalue weighted by Gasteiger charge is -2.19. The van der Waals surface area contributed by atoms with Crippen LogP contribution in [0.5, 0.6) is 0 Å². The zero-order chi connectivity index (χ0) is 13.9. The summed E-state index contributed by atoms with van der Waals surface area (Å²) in [6, 6.07) is 5.77. The molecule has 0 saturated heterocycles. The van der Waals surface area contributed by atoms with E-state index >= 15 is 0 Å². The lowest BCUT2D eigenvalue weighted by molar-refractivity contribution is 0.146. The van der Waals surface area contributed by atoms with E-state index in [1.54, 1.807) is 0 Å². The molecule has 6 heteroatoms. The maximum absolute atomic E-state index is 12.9. The molecular formula is C14H14F2N4. The number of nitrogens with zero attached hydrogens (tertiary/aromatic N) is 2. The first kappa shape index (κ1) is 12.8. The lowest BCUT2D eigenvalue weighted by Crippen LogP contribution is -2.11. The molecule has 2 heterocycles. The van der Waals surface area contributed by atoms with Gasteiger partial charge in [-0.15, -0.1) is 0 Å². The molecule has 0 bridgehead atoms. The summed E-state index contributed by atoms with van der Waals surface area (Å²) in [5.74, 6) is 0.103. The van der Waals surface area contributed by atoms with Crippen LogP contribution in [0.4, 0.5) is 26.0 Å². The van der Waals surface area contributed by atoms with Gasteiger partial charge in [-0.05, 0) is 36.6 Å². The third kappa shape index (κ3) is 2.54. The van der Waals surface area contributed by atoms with Crippen molar-refractivity contribution >= 4 is 17.2 Å². The Morgan fingerprint density at radius 3 is 2.90 bits per heavy atom. The Balaban J connectivity index is 1.88. The van der Waals surface area contributed by atoms with Gasteiger partial charge in [0.15, 0.2) is 5.82 Å². The highest BCUT2D eigenvalue weighted by Gasteiger charge is 2.16. The highest BCUT2D eigenvalue weighted by molar-refractivity contribution is 5.65. The minimum Gasteiger partial charge on any atom is -0.385 e. The van der Waals surface area contributed by atoms with Crippen molar-refractivity contribution in [1.82, 2.24) is 9.97 Å². The van der Waals surface area contributed by atoms with Crippen LogP contribution in [-0.2, 0) is 6.42 Å². The number of hydrogen-bond acceptors (Lipinski definition) is 4. The number of alkyl halides is 2. The van der Waals surface area contributed by atoms with E-state index in [1.165, 1.54) is 18.0 Å². The number of aromatic nitrogens is 2. The van der Waals surface area contributed by atoms with Crippen molar-refractivity contribution in [2.45, 2.75) is 19.3 Å². The first-order valence-electron chi connectivity index (χ1n) is 6.47. The van der Waals surface area contributed by atoms with Crippen molar-refractivity contribution < 1.29 is 8.78 Å². The molecule has 1 aromatic heterocycles. The smallest absolute Gasteiger partial charge is 0.284 e. The number of benzene rings is 1. The van der Waals surface area contributed by atoms with Gasteiger partial charge in [0.25, 0.3) is 6.43 Å². The zero-order valence-corrected chi connectivity index (χ0v) is 10.7. The van der Waals surface area contributed by atoms with Gasteiger partial charge in [-0.3, -0.25) is 0 Å². The number of halogens is 2. The summed E-state index contributed by atoms with van der Waals surface area (Å²) in [4.78, 5) is 7.61. The molecule has 0 aliphatic carbocycles. The van der Waals surface area contributed by atoms with Gasteiger partial charge in [0.05, 0.1) is 0 Å². The van der Waals surface area contributed by atoms with Gasteiger partial charge >= 0.3 is 0 Å². The quantitative estimate of drug-likeness (QED) is 0.900. The summed E-state index contributed by atoms with van der Waals surface area (Å²) >= 11 is 0. The second-order valence-corrected chi connectivity index (χ2v) is 4.62. The van der Waals surface area contributed by atoms with Crippen LogP contribution < -0.4 is 10.6 Å². The van der Waals surface area contributed by atoms with Crippen LogP contribution in [0.25, 0.3) is 0 Å². The number of nitrogens with one attached hydrogen (secondary N) is 2. The van der Waals surface area contributed by atoms with Crippen LogP contribution in [0.15, 0.2) is 30.6 Å². The van der Waals surface area contributed by atoms with E-state index < -0.39 is 6.43 Å². The second kappa shape index (κ2) is 5.40. The lowest BCUT2D eigenvalue weighted by atomic mass is 10.0. The Hall–Kier alpha value is -2.24. The van der Waals surface area contributed by atoms with Gasteiger partial charge in [0.1, 0.15) is 5.69 Å². The summed E-state index contributed by atoms with van der Waals surface area (Å²) in [6.07, 6.45) is 2.08. The predicted molar refractivity (Wildman–Crippen MR) is 73.5 cm³/mol. The van der Waals surface area contributed by atoms with E-state index in [2.05, 4.69) is 20.6 Å². The first-order valence-corrected chi connectivity index (χ1v) is 6.47. The summed E-state index contributed by atoms with van der Waals surface area (Å²) in [7, 11) is 0. The van der Waals surface area contributed by atoms with Crippen molar-refractivity contribution in [2.75, 3.05) is 17.2 Å². The predicted octanol–water partition coefficient (Wildman–Crippen LogP) is 3.52. The van der Waals surface area contributed by atoms with E-state index in [0.29, 0.717) is 0 Å². The number of aryl methyl sites for hydroxylation is 1. The fourth-order valence-corrected chi connectivity index (χ4v) is 2.29. The van der Waals surface area contributed by atoms with E-state index in [1.807, 2.05) is 18.2 Å². The molecule has 1 aliphatic heterocycles. The molecule has 0 amide bonds. The number of anilines is 3. The van der Waals surface area contributed by atoms with Gasteiger partial charge in [-0.2, -0.15) is 0 Å². The number of hydrogen-bond donors (Lipinski definition) is 2. The van der Waals surface area contributed by atoms with Crippen molar-refractivity contribution in [2.24, 2.45) is 0 Å². The standard InChI is InChI=1S/C14H14F2N4/c15-13(16)12-14(19-7-6-18-12)20-10-3-4-11-9(8-10)2-1-5-17-11/h3-4,6-8,13,17H,1-2,5H2,(H,19,20). The average Bonchev–Trinajstić information content (AvgIpc) is 2.47. The van der Waals surface area contributed by atoms with Gasteiger partial charge in [0, 0.05) is 30.3 Å². The van der Waals surface area contributed by atoms with E-state index in [9.17, 15) is 8.78 Å². The van der Waals surface area contributed by atoms with E-state index in [4.69, 9.17) is 0 Å². The third-order valence-corrected chi connectivity index (χ3v) is 3.24. The summed E-state index contributed by atoms with van der Waals surface area (Å²) in [5.41, 5.74) is 2.71. The second-order valence-electron chi connectivity index (χ2n) is 4.62. The number of fused-ring (bicyclic) bond motifs is 1. The van der Waals surface area contributed by atoms with Crippen molar-refractivity contribution in [3.63, 3.8) is 0 Å². The van der Waals surface area contributed by atoms with Crippen molar-refractivity contribution in [3.8, 4) is 0 Å². The molecule has 0 atom stereocenters. The molecule has 0 saturated carbocycles. The molecule has 104 valence electrons. The fraction of sp³-hybridized carbons (Fsp3) is 0.286. The number of rotatable bonds is 3. The molecule has 4 nitrogen and oxygen atoms in total. The largest absolute Gasteiger partial charge is 0.385 e. The van der Waals surface area contributed by atoms with E-state index in [0.717, 1.165) is 30.8 Å². The molecule has 3 rings (SSSR count). The van der Waals surface area contributed by atoms with Crippen LogP contribution in [0, 0.1) is 0 Å². The topological polar surface area (TPSA) is 49.8 Å². The van der Waals surface area contributed by atoms with Gasteiger partial charge in [-0.1, -0.05) is 0 Å². The molecule has 2 N–H and O–H groups in total. The molecule has 0 radical (unpaired) electrons. The van der Waals surface area contributed by atoms with Crippen LogP contribution >= 0.6 is 0 Å². The van der Waals surface area contributed by atoms with Crippen molar-refractivity contribution in [1.29, 1.82) is 0 Å². The highest BCUT2D eigenvalue weighted by Crippen LogP contribution is 2.29. The molecule has 0 spiro atoms. The minimum atomic E-state index is -2.65. The molecule has 2 aromatic rings. The zero-order valence-electron chi connectivity index (χ0n) is 10.7. The maximum atomic E-state index is 12.9. The normalized spacial score (nSPS) is 13.8. The van der Waals surface area contributed by atoms with Crippen molar-refractivity contribution in [3.05, 3.63) is 41.9 Å². The minimum absolute atomic E-state index is 0.103. The monoisotopic (exact) mass is 276 g/mol. The first-order chi connectivity index (χ1) is 9.74.